The van der Waals surface area contributed by atoms with E-state index in [1.165, 1.54) is 20.1 Å². The molecule has 0 saturated carbocycles. The Morgan fingerprint density at radius 1 is 1.05 bits per heavy atom. The molecule has 3 aromatic heterocycles. The van der Waals surface area contributed by atoms with Crippen LogP contribution in [0.4, 0.5) is 11.5 Å². The Morgan fingerprint density at radius 2 is 1.79 bits per heavy atom. The Labute approximate surface area is 228 Å². The van der Waals surface area contributed by atoms with Gasteiger partial charge >= 0.3 is 0 Å². The Balaban J connectivity index is 1.63. The highest BCUT2D eigenvalue weighted by Gasteiger charge is 2.38. The van der Waals surface area contributed by atoms with Crippen molar-refractivity contribution in [3.05, 3.63) is 91.1 Å². The van der Waals surface area contributed by atoms with Crippen molar-refractivity contribution in [2.45, 2.75) is 27.2 Å². The number of carbonyl (C=O) groups is 1. The van der Waals surface area contributed by atoms with E-state index in [4.69, 9.17) is 17.2 Å². The van der Waals surface area contributed by atoms with Crippen LogP contribution in [0.15, 0.2) is 63.2 Å². The summed E-state index contributed by atoms with van der Waals surface area (Å²) in [5.41, 5.74) is 2.45. The minimum atomic E-state index is -0.457. The van der Waals surface area contributed by atoms with Crippen LogP contribution in [0.2, 0.25) is 0 Å². The SMILES string of the molecule is CCCNc1nc2c(C)cccn2c(=O)c1C=C1SC(=S)N(c2c(C)n(C)n(-c3ccccc3)c2=O)C1=O. The number of anilines is 2. The van der Waals surface area contributed by atoms with Crippen LogP contribution in [0.5, 0.6) is 0 Å². The molecule has 38 heavy (non-hydrogen) atoms. The number of amides is 1. The molecular formula is C27H26N6O3S2. The standard InChI is InChI=1S/C27H26N6O3S2/c1-5-13-28-22-19(24(34)31-14-9-10-16(2)23(31)29-22)15-20-25(35)32(27(37)38-20)21-17(3)30(4)33(26(21)36)18-11-7-6-8-12-18/h6-12,14-15,28H,5,13H2,1-4H3. The van der Waals surface area contributed by atoms with Gasteiger partial charge in [-0.1, -0.05) is 55.2 Å². The van der Waals surface area contributed by atoms with Gasteiger partial charge in [0.25, 0.3) is 17.0 Å². The van der Waals surface area contributed by atoms with E-state index in [1.54, 1.807) is 30.9 Å². The average Bonchev–Trinajstić information content (AvgIpc) is 3.30. The van der Waals surface area contributed by atoms with Gasteiger partial charge in [0.05, 0.1) is 21.8 Å². The summed E-state index contributed by atoms with van der Waals surface area (Å²) in [6, 6.07) is 12.9. The highest BCUT2D eigenvalue weighted by atomic mass is 32.2. The number of aryl methyl sites for hydroxylation is 1. The summed E-state index contributed by atoms with van der Waals surface area (Å²) in [6.07, 6.45) is 4.01. The lowest BCUT2D eigenvalue weighted by atomic mass is 10.2. The molecule has 1 fully saturated rings. The molecule has 4 heterocycles. The van der Waals surface area contributed by atoms with Crippen molar-refractivity contribution in [1.82, 2.24) is 18.7 Å². The molecule has 0 bridgehead atoms. The van der Waals surface area contributed by atoms with Gasteiger partial charge in [0.15, 0.2) is 4.32 Å². The highest BCUT2D eigenvalue weighted by molar-refractivity contribution is 8.27. The maximum atomic E-state index is 13.7. The molecule has 11 heteroatoms. The van der Waals surface area contributed by atoms with Crippen molar-refractivity contribution in [3.8, 4) is 5.69 Å². The lowest BCUT2D eigenvalue weighted by Crippen LogP contribution is -2.33. The lowest BCUT2D eigenvalue weighted by molar-refractivity contribution is -0.113. The molecule has 4 aromatic rings. The fraction of sp³-hybridized carbons (Fsp3) is 0.222. The number of thiocarbonyl (C=S) groups is 1. The molecule has 1 N–H and O–H groups in total. The van der Waals surface area contributed by atoms with Gasteiger partial charge in [0, 0.05) is 19.8 Å². The number of hydrogen-bond donors (Lipinski definition) is 1. The summed E-state index contributed by atoms with van der Waals surface area (Å²) in [4.78, 5) is 46.9. The van der Waals surface area contributed by atoms with Crippen molar-refractivity contribution in [2.24, 2.45) is 7.05 Å². The van der Waals surface area contributed by atoms with Crippen molar-refractivity contribution in [3.63, 3.8) is 0 Å². The molecule has 0 aliphatic carbocycles. The van der Waals surface area contributed by atoms with Crippen LogP contribution in [-0.2, 0) is 11.8 Å². The summed E-state index contributed by atoms with van der Waals surface area (Å²) < 4.78 is 4.89. The molecule has 0 radical (unpaired) electrons. The summed E-state index contributed by atoms with van der Waals surface area (Å²) >= 11 is 6.62. The third-order valence-corrected chi connectivity index (χ3v) is 7.75. The van der Waals surface area contributed by atoms with E-state index in [0.29, 0.717) is 29.4 Å². The predicted octanol–water partition coefficient (Wildman–Crippen LogP) is 4.03. The van der Waals surface area contributed by atoms with Crippen LogP contribution < -0.4 is 21.3 Å². The van der Waals surface area contributed by atoms with Gasteiger partial charge < -0.3 is 5.32 Å². The zero-order valence-electron chi connectivity index (χ0n) is 21.4. The third-order valence-electron chi connectivity index (χ3n) is 6.44. The third kappa shape index (κ3) is 4.17. The number of carbonyl (C=O) groups excluding carboxylic acids is 1. The number of hydrogen-bond acceptors (Lipinski definition) is 7. The molecule has 0 unspecified atom stereocenters. The molecule has 194 valence electrons. The molecule has 9 nitrogen and oxygen atoms in total. The topological polar surface area (TPSA) is 93.6 Å². The molecule has 0 atom stereocenters. The van der Waals surface area contributed by atoms with Crippen LogP contribution >= 0.6 is 24.0 Å². The zero-order chi connectivity index (χ0) is 27.1. The number of para-hydroxylation sites is 1. The van der Waals surface area contributed by atoms with E-state index >= 15 is 0 Å². The van der Waals surface area contributed by atoms with Gasteiger partial charge in [0.1, 0.15) is 17.2 Å². The van der Waals surface area contributed by atoms with Crippen molar-refractivity contribution in [1.29, 1.82) is 0 Å². The first kappa shape index (κ1) is 25.7. The second-order valence-electron chi connectivity index (χ2n) is 8.92. The molecule has 1 amide bonds. The summed E-state index contributed by atoms with van der Waals surface area (Å²) in [6.45, 7) is 6.29. The number of aromatic nitrogens is 4. The van der Waals surface area contributed by atoms with Gasteiger partial charge in [0.2, 0.25) is 0 Å². The predicted molar refractivity (Wildman–Crippen MR) is 156 cm³/mol. The number of benzene rings is 1. The smallest absolute Gasteiger partial charge is 0.296 e. The molecular weight excluding hydrogens is 520 g/mol. The monoisotopic (exact) mass is 546 g/mol. The number of rotatable bonds is 6. The molecule has 1 aromatic carbocycles. The fourth-order valence-electron chi connectivity index (χ4n) is 4.42. The number of thioether (sulfide) groups is 1. The number of pyridine rings is 1. The van der Waals surface area contributed by atoms with Crippen molar-refractivity contribution >= 4 is 57.4 Å². The van der Waals surface area contributed by atoms with Crippen molar-refractivity contribution < 1.29 is 4.79 Å². The minimum absolute atomic E-state index is 0.190. The first-order chi connectivity index (χ1) is 18.2. The Kier molecular flexibility index (Phi) is 6.80. The van der Waals surface area contributed by atoms with E-state index in [-0.39, 0.29) is 31.6 Å². The van der Waals surface area contributed by atoms with Crippen LogP contribution in [0.1, 0.15) is 30.2 Å². The van der Waals surface area contributed by atoms with E-state index in [2.05, 4.69) is 5.32 Å². The Bertz CT molecular complexity index is 1750. The molecule has 1 aliphatic heterocycles. The van der Waals surface area contributed by atoms with Gasteiger partial charge in [-0.3, -0.25) is 28.4 Å². The molecule has 5 rings (SSSR count). The van der Waals surface area contributed by atoms with E-state index in [0.717, 1.165) is 23.7 Å². The Hall–Kier alpha value is -3.96. The fourth-order valence-corrected chi connectivity index (χ4v) is 5.68. The minimum Gasteiger partial charge on any atom is -0.369 e. The second-order valence-corrected chi connectivity index (χ2v) is 10.6. The van der Waals surface area contributed by atoms with Gasteiger partial charge in [-0.25, -0.2) is 9.67 Å². The lowest BCUT2D eigenvalue weighted by Gasteiger charge is -2.13. The summed E-state index contributed by atoms with van der Waals surface area (Å²) in [7, 11) is 1.76. The van der Waals surface area contributed by atoms with Crippen LogP contribution in [0, 0.1) is 13.8 Å². The van der Waals surface area contributed by atoms with E-state index in [1.807, 2.05) is 50.2 Å². The Morgan fingerprint density at radius 3 is 2.50 bits per heavy atom. The van der Waals surface area contributed by atoms with E-state index < -0.39 is 5.91 Å². The zero-order valence-corrected chi connectivity index (χ0v) is 23.0. The normalized spacial score (nSPS) is 14.7. The number of fused-ring (bicyclic) bond motifs is 1. The largest absolute Gasteiger partial charge is 0.369 e. The average molecular weight is 547 g/mol. The van der Waals surface area contributed by atoms with Crippen LogP contribution in [-0.4, -0.2) is 35.5 Å². The van der Waals surface area contributed by atoms with E-state index in [9.17, 15) is 14.4 Å². The maximum Gasteiger partial charge on any atom is 0.296 e. The van der Waals surface area contributed by atoms with Gasteiger partial charge in [-0.05, 0) is 50.1 Å². The quantitative estimate of drug-likeness (QED) is 0.288. The van der Waals surface area contributed by atoms with Crippen LogP contribution in [0.3, 0.4) is 0 Å². The second kappa shape index (κ2) is 10.1. The first-order valence-corrected chi connectivity index (χ1v) is 13.3. The highest BCUT2D eigenvalue weighted by Crippen LogP contribution is 2.36. The van der Waals surface area contributed by atoms with Gasteiger partial charge in [-0.2, -0.15) is 0 Å². The van der Waals surface area contributed by atoms with Crippen molar-refractivity contribution in [2.75, 3.05) is 16.8 Å². The molecule has 1 aliphatic rings. The number of nitrogens with one attached hydrogen (secondary N) is 1. The maximum absolute atomic E-state index is 13.7. The summed E-state index contributed by atoms with van der Waals surface area (Å²) in [5.74, 6) is -0.0556. The molecule has 0 spiro atoms. The number of nitrogens with zero attached hydrogens (tertiary/aromatic N) is 5. The van der Waals surface area contributed by atoms with Gasteiger partial charge in [-0.15, -0.1) is 0 Å². The van der Waals surface area contributed by atoms with Crippen LogP contribution in [0.25, 0.3) is 17.4 Å². The first-order valence-electron chi connectivity index (χ1n) is 12.1. The summed E-state index contributed by atoms with van der Waals surface area (Å²) in [5, 5.41) is 3.22. The molecule has 1 saturated heterocycles.